The highest BCUT2D eigenvalue weighted by Gasteiger charge is 2.32. The van der Waals surface area contributed by atoms with Gasteiger partial charge in [-0.3, -0.25) is 0 Å². The first-order valence-corrected chi connectivity index (χ1v) is 11.4. The molecule has 5 heterocycles. The van der Waals surface area contributed by atoms with Crippen LogP contribution in [0.3, 0.4) is 0 Å². The second-order valence-electron chi connectivity index (χ2n) is 8.45. The van der Waals surface area contributed by atoms with Crippen molar-refractivity contribution in [2.45, 2.75) is 18.9 Å². The first-order chi connectivity index (χ1) is 17.0. The van der Waals surface area contributed by atoms with Crippen molar-refractivity contribution in [3.05, 3.63) is 54.6 Å². The van der Waals surface area contributed by atoms with E-state index in [1.165, 1.54) is 13.1 Å². The molecular weight excluding hydrogens is 452 g/mol. The standard InChI is InChI=1S/C21H20N4O2.C4H4O4/c1-2-7-18-15(4-1)16-5-3-6-17(19(16)26-18)20-22-23-21(27-20)25-13-12-24-10-8-14(25)9-11-24;5-3(6)1-2-4(7)8/h1-7,14H,8-13H2;1-2H,(H,5,6)(H,7,8)/b;2-1+. The number of para-hydroxylation sites is 2. The zero-order chi connectivity index (χ0) is 24.4. The fourth-order valence-corrected chi connectivity index (χ4v) is 4.64. The average molecular weight is 476 g/mol. The van der Waals surface area contributed by atoms with Gasteiger partial charge in [0.2, 0.25) is 0 Å². The highest BCUT2D eigenvalue weighted by atomic mass is 16.4. The van der Waals surface area contributed by atoms with Crippen molar-refractivity contribution in [3.8, 4) is 11.5 Å². The molecule has 2 aromatic heterocycles. The molecule has 0 amide bonds. The van der Waals surface area contributed by atoms with Crippen LogP contribution in [0.5, 0.6) is 0 Å². The van der Waals surface area contributed by atoms with Gasteiger partial charge >= 0.3 is 18.0 Å². The molecular formula is C25H24N4O6. The molecule has 0 spiro atoms. The van der Waals surface area contributed by atoms with Gasteiger partial charge in [0.15, 0.2) is 0 Å². The molecule has 7 rings (SSSR count). The van der Waals surface area contributed by atoms with Crippen LogP contribution in [0.15, 0.2) is 63.5 Å². The Hall–Kier alpha value is -4.18. The Bertz CT molecular complexity index is 1380. The third-order valence-electron chi connectivity index (χ3n) is 6.32. The van der Waals surface area contributed by atoms with E-state index in [0.29, 0.717) is 30.1 Å². The molecule has 10 nitrogen and oxygen atoms in total. The number of nitrogens with zero attached hydrogens (tertiary/aromatic N) is 4. The number of furan rings is 1. The van der Waals surface area contributed by atoms with Gasteiger partial charge in [0.1, 0.15) is 11.2 Å². The number of hydrogen-bond donors (Lipinski definition) is 2. The number of rotatable bonds is 4. The van der Waals surface area contributed by atoms with Gasteiger partial charge in [0, 0.05) is 55.1 Å². The van der Waals surface area contributed by atoms with Crippen LogP contribution in [0.1, 0.15) is 12.8 Å². The number of hydrogen-bond acceptors (Lipinski definition) is 8. The number of aliphatic carboxylic acids is 2. The summed E-state index contributed by atoms with van der Waals surface area (Å²) in [7, 11) is 0. The van der Waals surface area contributed by atoms with Crippen LogP contribution in [-0.4, -0.2) is 69.5 Å². The van der Waals surface area contributed by atoms with Crippen LogP contribution in [0.25, 0.3) is 33.4 Å². The maximum atomic E-state index is 9.55. The molecule has 0 atom stereocenters. The molecule has 0 aliphatic carbocycles. The fourth-order valence-electron chi connectivity index (χ4n) is 4.64. The lowest BCUT2D eigenvalue weighted by Crippen LogP contribution is -2.38. The van der Waals surface area contributed by atoms with Crippen molar-refractivity contribution in [1.82, 2.24) is 15.1 Å². The largest absolute Gasteiger partial charge is 0.478 e. The molecule has 0 saturated carbocycles. The van der Waals surface area contributed by atoms with Crippen LogP contribution in [0.4, 0.5) is 6.01 Å². The molecule has 3 saturated heterocycles. The zero-order valence-corrected chi connectivity index (χ0v) is 18.8. The number of fused-ring (bicyclic) bond motifs is 7. The summed E-state index contributed by atoms with van der Waals surface area (Å²) >= 11 is 0. The molecule has 2 N–H and O–H groups in total. The zero-order valence-electron chi connectivity index (χ0n) is 18.8. The molecule has 4 aromatic rings. The van der Waals surface area contributed by atoms with E-state index in [9.17, 15) is 9.59 Å². The van der Waals surface area contributed by atoms with E-state index in [1.807, 2.05) is 30.3 Å². The van der Waals surface area contributed by atoms with Crippen LogP contribution in [0.2, 0.25) is 0 Å². The topological polar surface area (TPSA) is 133 Å². The number of piperidine rings is 1. The average Bonchev–Trinajstić information content (AvgIpc) is 3.38. The highest BCUT2D eigenvalue weighted by molar-refractivity contribution is 6.08. The Kier molecular flexibility index (Phi) is 6.19. The summed E-state index contributed by atoms with van der Waals surface area (Å²) < 4.78 is 12.3. The smallest absolute Gasteiger partial charge is 0.328 e. The van der Waals surface area contributed by atoms with Gasteiger partial charge in [0.25, 0.3) is 5.89 Å². The van der Waals surface area contributed by atoms with Gasteiger partial charge in [-0.15, -0.1) is 5.10 Å². The summed E-state index contributed by atoms with van der Waals surface area (Å²) in [4.78, 5) is 23.9. The minimum Gasteiger partial charge on any atom is -0.478 e. The van der Waals surface area contributed by atoms with Gasteiger partial charge in [-0.1, -0.05) is 35.4 Å². The first kappa shape index (κ1) is 22.6. The quantitative estimate of drug-likeness (QED) is 0.421. The normalized spacial score (nSPS) is 19.6. The molecule has 10 heteroatoms. The summed E-state index contributed by atoms with van der Waals surface area (Å²) in [5.74, 6) is -1.99. The van der Waals surface area contributed by atoms with Gasteiger partial charge in [-0.2, -0.15) is 0 Å². The van der Waals surface area contributed by atoms with Crippen molar-refractivity contribution in [2.24, 2.45) is 0 Å². The van der Waals surface area contributed by atoms with Crippen molar-refractivity contribution < 1.29 is 28.6 Å². The van der Waals surface area contributed by atoms with Gasteiger partial charge in [-0.05, 0) is 25.0 Å². The Labute approximate surface area is 200 Å². The number of carbonyl (C=O) groups is 2. The van der Waals surface area contributed by atoms with Crippen molar-refractivity contribution >= 4 is 39.9 Å². The lowest BCUT2D eigenvalue weighted by Gasteiger charge is -2.29. The molecule has 0 unspecified atom stereocenters. The maximum Gasteiger partial charge on any atom is 0.328 e. The summed E-state index contributed by atoms with van der Waals surface area (Å²) in [5.41, 5.74) is 2.53. The molecule has 0 radical (unpaired) electrons. The fraction of sp³-hybridized carbons (Fsp3) is 0.280. The van der Waals surface area contributed by atoms with Crippen LogP contribution in [0, 0.1) is 0 Å². The SMILES string of the molecule is O=C(O)/C=C/C(=O)O.c1ccc2c(c1)oc1c(-c3nnc(N4CCN5CCC4CC5)o3)cccc12. The lowest BCUT2D eigenvalue weighted by molar-refractivity contribution is -0.134. The predicted octanol–water partition coefficient (Wildman–Crippen LogP) is 3.63. The molecule has 3 fully saturated rings. The van der Waals surface area contributed by atoms with E-state index >= 15 is 0 Å². The maximum absolute atomic E-state index is 9.55. The molecule has 35 heavy (non-hydrogen) atoms. The monoisotopic (exact) mass is 476 g/mol. The molecule has 3 aliphatic rings. The minimum atomic E-state index is -1.26. The third kappa shape index (κ3) is 4.73. The number of carboxylic acids is 2. The summed E-state index contributed by atoms with van der Waals surface area (Å²) in [6, 6.07) is 15.3. The number of anilines is 1. The molecule has 3 aliphatic heterocycles. The number of benzene rings is 2. The van der Waals surface area contributed by atoms with Gasteiger partial charge in [0.05, 0.1) is 5.56 Å². The van der Waals surface area contributed by atoms with E-state index in [2.05, 4.69) is 32.1 Å². The Morgan fingerprint density at radius 3 is 2.31 bits per heavy atom. The highest BCUT2D eigenvalue weighted by Crippen LogP contribution is 2.36. The number of carboxylic acid groups (broad SMARTS) is 2. The van der Waals surface area contributed by atoms with Gasteiger partial charge < -0.3 is 28.8 Å². The molecule has 2 aromatic carbocycles. The van der Waals surface area contributed by atoms with Crippen molar-refractivity contribution in [1.29, 1.82) is 0 Å². The Balaban J connectivity index is 0.000000277. The van der Waals surface area contributed by atoms with Crippen LogP contribution in [-0.2, 0) is 9.59 Å². The van der Waals surface area contributed by atoms with E-state index in [4.69, 9.17) is 19.0 Å². The Morgan fingerprint density at radius 2 is 1.57 bits per heavy atom. The summed E-state index contributed by atoms with van der Waals surface area (Å²) in [5, 5.41) is 26.5. The third-order valence-corrected chi connectivity index (χ3v) is 6.32. The Morgan fingerprint density at radius 1 is 0.857 bits per heavy atom. The van der Waals surface area contributed by atoms with Crippen molar-refractivity contribution in [3.63, 3.8) is 0 Å². The van der Waals surface area contributed by atoms with E-state index in [1.54, 1.807) is 0 Å². The van der Waals surface area contributed by atoms with Gasteiger partial charge in [-0.25, -0.2) is 9.59 Å². The van der Waals surface area contributed by atoms with E-state index in [-0.39, 0.29) is 0 Å². The number of aromatic nitrogens is 2. The molecule has 2 bridgehead atoms. The van der Waals surface area contributed by atoms with Crippen molar-refractivity contribution in [2.75, 3.05) is 31.1 Å². The van der Waals surface area contributed by atoms with Crippen LogP contribution < -0.4 is 4.90 Å². The molecule has 180 valence electrons. The summed E-state index contributed by atoms with van der Waals surface area (Å²) in [6.45, 7) is 4.34. The summed E-state index contributed by atoms with van der Waals surface area (Å²) in [6.07, 6.45) is 3.44. The first-order valence-electron chi connectivity index (χ1n) is 11.4. The van der Waals surface area contributed by atoms with Crippen LogP contribution >= 0.6 is 0 Å². The second-order valence-corrected chi connectivity index (χ2v) is 8.45. The lowest BCUT2D eigenvalue weighted by atomic mass is 10.1. The predicted molar refractivity (Wildman–Crippen MR) is 128 cm³/mol. The van der Waals surface area contributed by atoms with E-state index < -0.39 is 11.9 Å². The second kappa shape index (κ2) is 9.59. The van der Waals surface area contributed by atoms with E-state index in [0.717, 1.165) is 53.4 Å². The minimum absolute atomic E-state index is 0.499.